The number of hydrogen-bond acceptors (Lipinski definition) is 2. The van der Waals surface area contributed by atoms with Gasteiger partial charge in [0.15, 0.2) is 0 Å². The third kappa shape index (κ3) is 2.55. The van der Waals surface area contributed by atoms with Gasteiger partial charge in [-0.2, -0.15) is 13.2 Å². The zero-order valence-electron chi connectivity index (χ0n) is 9.02. The summed E-state index contributed by atoms with van der Waals surface area (Å²) in [6.07, 6.45) is -1.00. The van der Waals surface area contributed by atoms with Crippen LogP contribution in [-0.2, 0) is 12.8 Å². The van der Waals surface area contributed by atoms with Crippen LogP contribution in [0.5, 0.6) is 0 Å². The van der Waals surface area contributed by atoms with Crippen LogP contribution in [0.15, 0.2) is 6.07 Å². The van der Waals surface area contributed by atoms with Crippen molar-refractivity contribution < 1.29 is 13.2 Å². The average molecular weight is 265 g/mol. The molecule has 2 N–H and O–H groups in total. The van der Waals surface area contributed by atoms with Crippen LogP contribution in [0.2, 0.25) is 5.15 Å². The third-order valence-electron chi connectivity index (χ3n) is 2.97. The molecule has 0 radical (unpaired) electrons. The highest BCUT2D eigenvalue weighted by Crippen LogP contribution is 2.35. The molecule has 1 heterocycles. The van der Waals surface area contributed by atoms with E-state index in [1.807, 2.05) is 0 Å². The molecule has 1 aliphatic carbocycles. The zero-order valence-corrected chi connectivity index (χ0v) is 9.78. The van der Waals surface area contributed by atoms with E-state index in [0.29, 0.717) is 0 Å². The van der Waals surface area contributed by atoms with E-state index in [2.05, 4.69) is 4.98 Å². The van der Waals surface area contributed by atoms with Gasteiger partial charge < -0.3 is 5.73 Å². The Morgan fingerprint density at radius 2 is 1.94 bits per heavy atom. The number of rotatable bonds is 1. The molecular formula is C11H12ClF3N2. The minimum absolute atomic E-state index is 0.125. The van der Waals surface area contributed by atoms with Gasteiger partial charge in [0.05, 0.1) is 0 Å². The number of aryl methyl sites for hydroxylation is 2. The third-order valence-corrected chi connectivity index (χ3v) is 3.27. The normalized spacial score (nSPS) is 17.7. The molecule has 0 amide bonds. The number of nitrogens with two attached hydrogens (primary N) is 1. The van der Waals surface area contributed by atoms with Crippen molar-refractivity contribution in [2.24, 2.45) is 5.73 Å². The molecule has 2 rings (SSSR count). The molecule has 0 bridgehead atoms. The lowest BCUT2D eigenvalue weighted by molar-refractivity contribution is -0.149. The number of fused-ring (bicyclic) bond motifs is 1. The van der Waals surface area contributed by atoms with E-state index in [1.54, 1.807) is 0 Å². The van der Waals surface area contributed by atoms with E-state index in [9.17, 15) is 13.2 Å². The molecule has 0 aromatic carbocycles. The van der Waals surface area contributed by atoms with Gasteiger partial charge in [0, 0.05) is 11.3 Å². The van der Waals surface area contributed by atoms with Gasteiger partial charge in [-0.15, -0.1) is 0 Å². The Labute approximate surface area is 102 Å². The fourth-order valence-electron chi connectivity index (χ4n) is 2.02. The lowest BCUT2D eigenvalue weighted by Gasteiger charge is -2.21. The van der Waals surface area contributed by atoms with Gasteiger partial charge in [-0.3, -0.25) is 0 Å². The molecule has 1 aliphatic rings. The Bertz CT molecular complexity index is 431. The second-order valence-electron chi connectivity index (χ2n) is 4.20. The number of hydrogen-bond donors (Lipinski definition) is 1. The van der Waals surface area contributed by atoms with Crippen LogP contribution in [0.3, 0.4) is 0 Å². The molecule has 0 saturated carbocycles. The van der Waals surface area contributed by atoms with Crippen molar-refractivity contribution >= 4 is 11.6 Å². The van der Waals surface area contributed by atoms with Crippen molar-refractivity contribution in [2.45, 2.75) is 37.9 Å². The second kappa shape index (κ2) is 4.46. The number of nitrogens with zero attached hydrogens (tertiary/aromatic N) is 1. The first-order chi connectivity index (χ1) is 7.89. The Morgan fingerprint density at radius 3 is 2.59 bits per heavy atom. The van der Waals surface area contributed by atoms with Crippen LogP contribution >= 0.6 is 11.6 Å². The van der Waals surface area contributed by atoms with Gasteiger partial charge in [0.2, 0.25) is 0 Å². The van der Waals surface area contributed by atoms with Gasteiger partial charge in [-0.1, -0.05) is 11.6 Å². The summed E-state index contributed by atoms with van der Waals surface area (Å²) in [5.41, 5.74) is 6.68. The monoisotopic (exact) mass is 264 g/mol. The molecule has 1 unspecified atom stereocenters. The van der Waals surface area contributed by atoms with Crippen LogP contribution in [0.25, 0.3) is 0 Å². The molecule has 2 nitrogen and oxygen atoms in total. The standard InChI is InChI=1S/C11H12ClF3N2/c12-10-7(9(16)11(13,14)15)5-6-3-1-2-4-8(6)17-10/h5,9H,1-4,16H2. The largest absolute Gasteiger partial charge is 0.407 e. The van der Waals surface area contributed by atoms with E-state index >= 15 is 0 Å². The zero-order chi connectivity index (χ0) is 12.6. The number of alkyl halides is 3. The van der Waals surface area contributed by atoms with E-state index < -0.39 is 12.2 Å². The quantitative estimate of drug-likeness (QED) is 0.791. The molecule has 0 fully saturated rings. The van der Waals surface area contributed by atoms with Crippen molar-refractivity contribution in [1.29, 1.82) is 0 Å². The maximum Gasteiger partial charge on any atom is 0.407 e. The highest BCUT2D eigenvalue weighted by atomic mass is 35.5. The SMILES string of the molecule is NC(c1cc2c(nc1Cl)CCCC2)C(F)(F)F. The van der Waals surface area contributed by atoms with Crippen LogP contribution in [0, 0.1) is 0 Å². The van der Waals surface area contributed by atoms with Crippen molar-refractivity contribution in [2.75, 3.05) is 0 Å². The van der Waals surface area contributed by atoms with Gasteiger partial charge in [-0.25, -0.2) is 4.98 Å². The average Bonchev–Trinajstić information content (AvgIpc) is 2.26. The number of halogens is 4. The first-order valence-electron chi connectivity index (χ1n) is 5.40. The Balaban J connectivity index is 2.41. The van der Waals surface area contributed by atoms with Crippen molar-refractivity contribution in [3.63, 3.8) is 0 Å². The van der Waals surface area contributed by atoms with Crippen LogP contribution in [-0.4, -0.2) is 11.2 Å². The number of pyridine rings is 1. The maximum absolute atomic E-state index is 12.5. The summed E-state index contributed by atoms with van der Waals surface area (Å²) in [7, 11) is 0. The van der Waals surface area contributed by atoms with Crippen LogP contribution in [0.4, 0.5) is 13.2 Å². The summed E-state index contributed by atoms with van der Waals surface area (Å²) in [6, 6.07) is -0.600. The Kier molecular flexibility index (Phi) is 3.32. The molecular weight excluding hydrogens is 253 g/mol. The first-order valence-corrected chi connectivity index (χ1v) is 5.78. The topological polar surface area (TPSA) is 38.9 Å². The van der Waals surface area contributed by atoms with Gasteiger partial charge >= 0.3 is 6.18 Å². The number of aromatic nitrogens is 1. The Hall–Kier alpha value is -0.810. The van der Waals surface area contributed by atoms with Crippen molar-refractivity contribution in [3.05, 3.63) is 28.0 Å². The molecule has 94 valence electrons. The summed E-state index contributed by atoms with van der Waals surface area (Å²) in [6.45, 7) is 0. The lowest BCUT2D eigenvalue weighted by Crippen LogP contribution is -2.29. The molecule has 1 aromatic rings. The van der Waals surface area contributed by atoms with E-state index in [4.69, 9.17) is 17.3 Å². The van der Waals surface area contributed by atoms with Crippen LogP contribution < -0.4 is 5.73 Å². The maximum atomic E-state index is 12.5. The van der Waals surface area contributed by atoms with Crippen molar-refractivity contribution in [1.82, 2.24) is 4.98 Å². The summed E-state index contributed by atoms with van der Waals surface area (Å²) >= 11 is 5.77. The van der Waals surface area contributed by atoms with E-state index in [0.717, 1.165) is 36.9 Å². The molecule has 1 aromatic heterocycles. The molecule has 17 heavy (non-hydrogen) atoms. The fraction of sp³-hybridized carbons (Fsp3) is 0.545. The molecule has 6 heteroatoms. The van der Waals surface area contributed by atoms with E-state index in [1.165, 1.54) is 6.07 Å². The summed E-state index contributed by atoms with van der Waals surface area (Å²) < 4.78 is 37.6. The van der Waals surface area contributed by atoms with Gasteiger partial charge in [0.25, 0.3) is 0 Å². The summed E-state index contributed by atoms with van der Waals surface area (Å²) in [5, 5.41) is -0.129. The highest BCUT2D eigenvalue weighted by Gasteiger charge is 2.39. The fourth-order valence-corrected chi connectivity index (χ4v) is 2.29. The molecule has 1 atom stereocenters. The molecule has 0 spiro atoms. The predicted octanol–water partition coefficient (Wildman–Crippen LogP) is 3.18. The second-order valence-corrected chi connectivity index (χ2v) is 4.56. The van der Waals surface area contributed by atoms with Crippen LogP contribution in [0.1, 0.15) is 35.7 Å². The minimum atomic E-state index is -4.49. The first kappa shape index (κ1) is 12.6. The van der Waals surface area contributed by atoms with Gasteiger partial charge in [-0.05, 0) is 37.3 Å². The molecule has 0 saturated heterocycles. The minimum Gasteiger partial charge on any atom is -0.316 e. The lowest BCUT2D eigenvalue weighted by atomic mass is 9.94. The van der Waals surface area contributed by atoms with Crippen molar-refractivity contribution in [3.8, 4) is 0 Å². The highest BCUT2D eigenvalue weighted by molar-refractivity contribution is 6.30. The van der Waals surface area contributed by atoms with Gasteiger partial charge in [0.1, 0.15) is 11.2 Å². The summed E-state index contributed by atoms with van der Waals surface area (Å²) in [4.78, 5) is 4.03. The Morgan fingerprint density at radius 1 is 1.29 bits per heavy atom. The summed E-state index contributed by atoms with van der Waals surface area (Å²) in [5.74, 6) is 0. The predicted molar refractivity (Wildman–Crippen MR) is 58.9 cm³/mol. The smallest absolute Gasteiger partial charge is 0.316 e. The molecule has 0 aliphatic heterocycles. The van der Waals surface area contributed by atoms with E-state index in [-0.39, 0.29) is 10.7 Å².